The monoisotopic (exact) mass is 266 g/mol. The minimum atomic E-state index is -0.470. The molecule has 0 radical (unpaired) electrons. The number of rotatable bonds is 4. The number of piperidine rings is 1. The highest BCUT2D eigenvalue weighted by Gasteiger charge is 2.30. The Balaban J connectivity index is 2.06. The minimum absolute atomic E-state index is 0.107. The van der Waals surface area contributed by atoms with E-state index in [0.29, 0.717) is 6.04 Å². The van der Waals surface area contributed by atoms with Crippen LogP contribution in [-0.2, 0) is 4.79 Å². The van der Waals surface area contributed by atoms with E-state index in [-0.39, 0.29) is 5.91 Å². The highest BCUT2D eigenvalue weighted by atomic mass is 32.1. The van der Waals surface area contributed by atoms with Gasteiger partial charge in [-0.15, -0.1) is 11.3 Å². The Morgan fingerprint density at radius 2 is 2.44 bits per heavy atom. The number of hydrogen-bond donors (Lipinski definition) is 1. The van der Waals surface area contributed by atoms with E-state index in [1.165, 1.54) is 6.42 Å². The van der Waals surface area contributed by atoms with Gasteiger partial charge in [-0.25, -0.2) is 0 Å². The smallest absolute Gasteiger partial charge is 0.245 e. The molecule has 1 amide bonds. The molecule has 0 aliphatic carbocycles. The van der Waals surface area contributed by atoms with Crippen LogP contribution in [0, 0.1) is 0 Å². The van der Waals surface area contributed by atoms with Crippen molar-refractivity contribution < 1.29 is 4.79 Å². The highest BCUT2D eigenvalue weighted by Crippen LogP contribution is 2.25. The van der Waals surface area contributed by atoms with E-state index in [1.54, 1.807) is 11.3 Å². The number of amides is 1. The van der Waals surface area contributed by atoms with Gasteiger partial charge in [0.1, 0.15) is 6.04 Å². The van der Waals surface area contributed by atoms with Gasteiger partial charge in [0.25, 0.3) is 0 Å². The molecule has 2 heterocycles. The summed E-state index contributed by atoms with van der Waals surface area (Å²) in [6, 6.07) is 3.84. The lowest BCUT2D eigenvalue weighted by Gasteiger charge is -2.37. The molecule has 1 aromatic rings. The Kier molecular flexibility index (Phi) is 4.78. The van der Waals surface area contributed by atoms with E-state index in [2.05, 4.69) is 6.92 Å². The molecule has 2 rings (SSSR count). The summed E-state index contributed by atoms with van der Waals surface area (Å²) >= 11 is 1.57. The van der Waals surface area contributed by atoms with Crippen molar-refractivity contribution in [2.24, 2.45) is 5.73 Å². The second kappa shape index (κ2) is 6.34. The standard InChI is InChI=1S/C14H22N2OS/c1-2-6-11-7-3-4-9-16(11)14(17)13(15)12-8-5-10-18-12/h5,8,10-11,13H,2-4,6-7,9,15H2,1H3. The summed E-state index contributed by atoms with van der Waals surface area (Å²) in [5.74, 6) is 0.107. The molecule has 18 heavy (non-hydrogen) atoms. The number of hydrogen-bond acceptors (Lipinski definition) is 3. The molecule has 0 aromatic carbocycles. The zero-order valence-electron chi connectivity index (χ0n) is 11.0. The van der Waals surface area contributed by atoms with Crippen LogP contribution in [0.25, 0.3) is 0 Å². The molecular formula is C14H22N2OS. The van der Waals surface area contributed by atoms with Gasteiger partial charge < -0.3 is 10.6 Å². The van der Waals surface area contributed by atoms with Crippen molar-refractivity contribution in [1.82, 2.24) is 4.90 Å². The zero-order chi connectivity index (χ0) is 13.0. The van der Waals surface area contributed by atoms with Gasteiger partial charge in [-0.05, 0) is 37.1 Å². The van der Waals surface area contributed by atoms with Crippen LogP contribution < -0.4 is 5.73 Å². The van der Waals surface area contributed by atoms with Crippen molar-refractivity contribution in [3.8, 4) is 0 Å². The van der Waals surface area contributed by atoms with Crippen LogP contribution in [0.15, 0.2) is 17.5 Å². The third-order valence-electron chi connectivity index (χ3n) is 3.65. The third kappa shape index (κ3) is 2.93. The Labute approximate surface area is 113 Å². The average Bonchev–Trinajstić information content (AvgIpc) is 2.92. The SMILES string of the molecule is CCCC1CCCCN1C(=O)C(N)c1cccs1. The van der Waals surface area contributed by atoms with Crippen LogP contribution in [0.1, 0.15) is 49.9 Å². The molecule has 1 fully saturated rings. The normalized spacial score (nSPS) is 21.9. The van der Waals surface area contributed by atoms with E-state index in [0.717, 1.165) is 37.1 Å². The summed E-state index contributed by atoms with van der Waals surface area (Å²) in [5, 5.41) is 1.97. The van der Waals surface area contributed by atoms with Gasteiger partial charge in [-0.1, -0.05) is 19.4 Å². The topological polar surface area (TPSA) is 46.3 Å². The third-order valence-corrected chi connectivity index (χ3v) is 4.60. The van der Waals surface area contributed by atoms with Gasteiger partial charge in [0.05, 0.1) is 0 Å². The van der Waals surface area contributed by atoms with Crippen LogP contribution in [0.5, 0.6) is 0 Å². The Hall–Kier alpha value is -0.870. The second-order valence-corrected chi connectivity index (χ2v) is 5.94. The minimum Gasteiger partial charge on any atom is -0.338 e. The van der Waals surface area contributed by atoms with E-state index in [4.69, 9.17) is 5.73 Å². The maximum atomic E-state index is 12.5. The average molecular weight is 266 g/mol. The van der Waals surface area contributed by atoms with Crippen molar-refractivity contribution in [3.05, 3.63) is 22.4 Å². The first kappa shape index (κ1) is 13.6. The van der Waals surface area contributed by atoms with E-state index >= 15 is 0 Å². The van der Waals surface area contributed by atoms with Crippen LogP contribution in [-0.4, -0.2) is 23.4 Å². The lowest BCUT2D eigenvalue weighted by molar-refractivity contribution is -0.136. The quantitative estimate of drug-likeness (QED) is 0.910. The maximum absolute atomic E-state index is 12.5. The van der Waals surface area contributed by atoms with Crippen molar-refractivity contribution in [3.63, 3.8) is 0 Å². The van der Waals surface area contributed by atoms with Crippen LogP contribution in [0.3, 0.4) is 0 Å². The van der Waals surface area contributed by atoms with Gasteiger partial charge in [0.15, 0.2) is 0 Å². The molecule has 1 aromatic heterocycles. The molecule has 4 heteroatoms. The Morgan fingerprint density at radius 3 is 3.11 bits per heavy atom. The highest BCUT2D eigenvalue weighted by molar-refractivity contribution is 7.10. The summed E-state index contributed by atoms with van der Waals surface area (Å²) < 4.78 is 0. The summed E-state index contributed by atoms with van der Waals surface area (Å²) in [7, 11) is 0. The fraction of sp³-hybridized carbons (Fsp3) is 0.643. The number of likely N-dealkylation sites (tertiary alicyclic amines) is 1. The predicted octanol–water partition coefficient (Wildman–Crippen LogP) is 2.93. The number of carbonyl (C=O) groups is 1. The molecule has 2 unspecified atom stereocenters. The second-order valence-electron chi connectivity index (χ2n) is 4.96. The lowest BCUT2D eigenvalue weighted by atomic mass is 9.97. The molecule has 0 saturated carbocycles. The molecule has 2 atom stereocenters. The van der Waals surface area contributed by atoms with Gasteiger partial charge in [-0.3, -0.25) is 4.79 Å². The van der Waals surface area contributed by atoms with Gasteiger partial charge in [-0.2, -0.15) is 0 Å². The van der Waals surface area contributed by atoms with Gasteiger partial charge in [0, 0.05) is 17.5 Å². The summed E-state index contributed by atoms with van der Waals surface area (Å²) in [6.07, 6.45) is 5.72. The fourth-order valence-electron chi connectivity index (χ4n) is 2.69. The number of nitrogens with zero attached hydrogens (tertiary/aromatic N) is 1. The molecular weight excluding hydrogens is 244 g/mol. The Bertz CT molecular complexity index is 375. The van der Waals surface area contributed by atoms with Crippen molar-refractivity contribution in [2.45, 2.75) is 51.1 Å². The maximum Gasteiger partial charge on any atom is 0.245 e. The molecule has 1 saturated heterocycles. The largest absolute Gasteiger partial charge is 0.338 e. The van der Waals surface area contributed by atoms with Crippen LogP contribution in [0.2, 0.25) is 0 Å². The molecule has 1 aliphatic heterocycles. The van der Waals surface area contributed by atoms with Crippen LogP contribution in [0.4, 0.5) is 0 Å². The molecule has 100 valence electrons. The summed E-state index contributed by atoms with van der Waals surface area (Å²) in [4.78, 5) is 15.5. The van der Waals surface area contributed by atoms with Crippen LogP contribution >= 0.6 is 11.3 Å². The summed E-state index contributed by atoms with van der Waals surface area (Å²) in [5.41, 5.74) is 6.09. The summed E-state index contributed by atoms with van der Waals surface area (Å²) in [6.45, 7) is 3.05. The number of thiophene rings is 1. The van der Waals surface area contributed by atoms with Gasteiger partial charge in [0.2, 0.25) is 5.91 Å². The van der Waals surface area contributed by atoms with E-state index < -0.39 is 6.04 Å². The van der Waals surface area contributed by atoms with Crippen molar-refractivity contribution in [1.29, 1.82) is 0 Å². The molecule has 0 spiro atoms. The van der Waals surface area contributed by atoms with Gasteiger partial charge >= 0.3 is 0 Å². The van der Waals surface area contributed by atoms with E-state index in [1.807, 2.05) is 22.4 Å². The first-order chi connectivity index (χ1) is 8.74. The molecule has 0 bridgehead atoms. The Morgan fingerprint density at radius 1 is 1.61 bits per heavy atom. The van der Waals surface area contributed by atoms with E-state index in [9.17, 15) is 4.79 Å². The first-order valence-electron chi connectivity index (χ1n) is 6.83. The molecule has 1 aliphatic rings. The first-order valence-corrected chi connectivity index (χ1v) is 7.71. The molecule has 2 N–H and O–H groups in total. The van der Waals surface area contributed by atoms with Crippen molar-refractivity contribution >= 4 is 17.2 Å². The zero-order valence-corrected chi connectivity index (χ0v) is 11.8. The molecule has 3 nitrogen and oxygen atoms in total. The number of nitrogens with two attached hydrogens (primary N) is 1. The number of carbonyl (C=O) groups excluding carboxylic acids is 1. The van der Waals surface area contributed by atoms with Crippen molar-refractivity contribution in [2.75, 3.05) is 6.54 Å². The lowest BCUT2D eigenvalue weighted by Crippen LogP contribution is -2.47. The predicted molar refractivity (Wildman–Crippen MR) is 75.5 cm³/mol. The fourth-order valence-corrected chi connectivity index (χ4v) is 3.41.